The summed E-state index contributed by atoms with van der Waals surface area (Å²) in [6.07, 6.45) is 4.90. The monoisotopic (exact) mass is 182 g/mol. The Kier molecular flexibility index (Phi) is 1.89. The van der Waals surface area contributed by atoms with E-state index in [-0.39, 0.29) is 0 Å². The molecule has 0 amide bonds. The summed E-state index contributed by atoms with van der Waals surface area (Å²) in [5.41, 5.74) is 0. The molecule has 0 bridgehead atoms. The van der Waals surface area contributed by atoms with Gasteiger partial charge in [0.1, 0.15) is 0 Å². The highest BCUT2D eigenvalue weighted by molar-refractivity contribution is 8.13. The van der Waals surface area contributed by atoms with Gasteiger partial charge in [-0.2, -0.15) is 0 Å². The molecule has 3 heteroatoms. The fourth-order valence-corrected chi connectivity index (χ4v) is 1.56. The molecule has 0 atom stereocenters. The van der Waals surface area contributed by atoms with E-state index in [2.05, 4.69) is 6.92 Å². The normalized spacial score (nSPS) is 23.8. The largest absolute Gasteiger partial charge is 0.295 e. The molecule has 0 aromatic heterocycles. The van der Waals surface area contributed by atoms with Crippen molar-refractivity contribution in [3.63, 3.8) is 0 Å². The SMILES string of the molecule is CC1=C/C(=C/CC2=C(C)S2)OO1. The summed E-state index contributed by atoms with van der Waals surface area (Å²) in [5.74, 6) is 1.63. The van der Waals surface area contributed by atoms with E-state index in [0.29, 0.717) is 0 Å². The molecule has 2 nitrogen and oxygen atoms in total. The fraction of sp³-hybridized carbons (Fsp3) is 0.333. The Hall–Kier alpha value is -0.830. The Labute approximate surface area is 75.9 Å². The zero-order valence-electron chi connectivity index (χ0n) is 7.09. The van der Waals surface area contributed by atoms with Crippen LogP contribution >= 0.6 is 11.8 Å². The van der Waals surface area contributed by atoms with Gasteiger partial charge < -0.3 is 0 Å². The lowest BCUT2D eigenvalue weighted by Gasteiger charge is -1.93. The van der Waals surface area contributed by atoms with Crippen molar-refractivity contribution >= 4 is 11.8 Å². The Morgan fingerprint density at radius 3 is 2.67 bits per heavy atom. The molecule has 2 aliphatic heterocycles. The third kappa shape index (κ3) is 1.67. The van der Waals surface area contributed by atoms with Crippen molar-refractivity contribution in [3.8, 4) is 0 Å². The van der Waals surface area contributed by atoms with Gasteiger partial charge in [0, 0.05) is 17.4 Å². The first kappa shape index (κ1) is 7.80. The van der Waals surface area contributed by atoms with Gasteiger partial charge in [0.2, 0.25) is 0 Å². The summed E-state index contributed by atoms with van der Waals surface area (Å²) in [4.78, 5) is 12.6. The molecule has 0 aromatic rings. The van der Waals surface area contributed by atoms with Gasteiger partial charge in [-0.15, -0.1) is 0 Å². The van der Waals surface area contributed by atoms with Gasteiger partial charge in [0.05, 0.1) is 0 Å². The van der Waals surface area contributed by atoms with Crippen LogP contribution in [0.25, 0.3) is 0 Å². The zero-order chi connectivity index (χ0) is 8.55. The number of allylic oxidation sites excluding steroid dienone is 5. The molecule has 0 saturated heterocycles. The Bertz CT molecular complexity index is 300. The highest BCUT2D eigenvalue weighted by atomic mass is 32.2. The third-order valence-electron chi connectivity index (χ3n) is 1.73. The summed E-state index contributed by atoms with van der Waals surface area (Å²) in [6.45, 7) is 4.00. The number of hydrogen-bond donors (Lipinski definition) is 0. The molecule has 0 unspecified atom stereocenters. The maximum absolute atomic E-state index is 4.92. The van der Waals surface area contributed by atoms with E-state index in [1.165, 1.54) is 9.81 Å². The maximum atomic E-state index is 4.92. The second kappa shape index (κ2) is 2.90. The molecule has 0 N–H and O–H groups in total. The summed E-state index contributed by atoms with van der Waals surface area (Å²) in [5, 5.41) is 0. The lowest BCUT2D eigenvalue weighted by molar-refractivity contribution is -0.205. The van der Waals surface area contributed by atoms with Crippen LogP contribution in [0.15, 0.2) is 33.5 Å². The van der Waals surface area contributed by atoms with Gasteiger partial charge in [-0.05, 0) is 24.8 Å². The minimum atomic E-state index is 0.815. The van der Waals surface area contributed by atoms with Crippen LogP contribution in [-0.4, -0.2) is 0 Å². The van der Waals surface area contributed by atoms with Gasteiger partial charge >= 0.3 is 0 Å². The van der Waals surface area contributed by atoms with Gasteiger partial charge in [-0.3, -0.25) is 9.78 Å². The van der Waals surface area contributed by atoms with Crippen LogP contribution < -0.4 is 0 Å². The van der Waals surface area contributed by atoms with E-state index < -0.39 is 0 Å². The minimum absolute atomic E-state index is 0.815. The van der Waals surface area contributed by atoms with Crippen molar-refractivity contribution in [1.29, 1.82) is 0 Å². The first-order chi connectivity index (χ1) is 5.75. The lowest BCUT2D eigenvalue weighted by Crippen LogP contribution is -1.78. The second-order valence-electron chi connectivity index (χ2n) is 2.81. The quantitative estimate of drug-likeness (QED) is 0.611. The standard InChI is InChI=1S/C9H10O2S/c1-6-5-8(11-10-6)3-4-9-7(2)12-9/h3,5H,4H2,1-2H3/b8-3-. The van der Waals surface area contributed by atoms with Crippen LogP contribution in [0.2, 0.25) is 0 Å². The zero-order valence-corrected chi connectivity index (χ0v) is 7.90. The molecule has 0 saturated carbocycles. The second-order valence-corrected chi connectivity index (χ2v) is 4.12. The average Bonchev–Trinajstić information content (AvgIpc) is 2.56. The summed E-state index contributed by atoms with van der Waals surface area (Å²) in [7, 11) is 0. The predicted octanol–water partition coefficient (Wildman–Crippen LogP) is 3.10. The molecular formula is C9H10O2S. The van der Waals surface area contributed by atoms with Crippen molar-refractivity contribution < 1.29 is 9.78 Å². The Morgan fingerprint density at radius 2 is 2.17 bits per heavy atom. The molecular weight excluding hydrogens is 172 g/mol. The molecule has 0 aromatic carbocycles. The van der Waals surface area contributed by atoms with Gasteiger partial charge in [0.15, 0.2) is 11.5 Å². The highest BCUT2D eigenvalue weighted by Crippen LogP contribution is 2.46. The van der Waals surface area contributed by atoms with Crippen molar-refractivity contribution in [2.24, 2.45) is 0 Å². The van der Waals surface area contributed by atoms with E-state index >= 15 is 0 Å². The van der Waals surface area contributed by atoms with Crippen LogP contribution in [0.5, 0.6) is 0 Å². The van der Waals surface area contributed by atoms with E-state index in [1.54, 1.807) is 0 Å². The van der Waals surface area contributed by atoms with E-state index in [9.17, 15) is 0 Å². The van der Waals surface area contributed by atoms with Crippen molar-refractivity contribution in [2.75, 3.05) is 0 Å². The summed E-state index contributed by atoms with van der Waals surface area (Å²) in [6, 6.07) is 0. The first-order valence-electron chi connectivity index (χ1n) is 3.86. The van der Waals surface area contributed by atoms with Crippen LogP contribution in [0, 0.1) is 0 Å². The maximum Gasteiger partial charge on any atom is 0.178 e. The number of hydrogen-bond acceptors (Lipinski definition) is 3. The molecule has 64 valence electrons. The van der Waals surface area contributed by atoms with E-state index in [4.69, 9.17) is 9.78 Å². The van der Waals surface area contributed by atoms with Crippen LogP contribution in [0.1, 0.15) is 20.3 Å². The summed E-state index contributed by atoms with van der Waals surface area (Å²) >= 11 is 1.85. The Morgan fingerprint density at radius 1 is 1.42 bits per heavy atom. The smallest absolute Gasteiger partial charge is 0.178 e. The fourth-order valence-electron chi connectivity index (χ4n) is 0.993. The van der Waals surface area contributed by atoms with Crippen molar-refractivity contribution in [1.82, 2.24) is 0 Å². The molecule has 0 radical (unpaired) electrons. The number of thioether (sulfide) groups is 1. The van der Waals surface area contributed by atoms with Crippen molar-refractivity contribution in [2.45, 2.75) is 20.3 Å². The molecule has 2 heterocycles. The van der Waals surface area contributed by atoms with Crippen LogP contribution in [0.3, 0.4) is 0 Å². The molecule has 0 fully saturated rings. The van der Waals surface area contributed by atoms with Crippen LogP contribution in [-0.2, 0) is 9.78 Å². The summed E-state index contributed by atoms with van der Waals surface area (Å²) < 4.78 is 0. The molecule has 12 heavy (non-hydrogen) atoms. The third-order valence-corrected chi connectivity index (χ3v) is 2.80. The topological polar surface area (TPSA) is 18.5 Å². The Balaban J connectivity index is 1.92. The average molecular weight is 182 g/mol. The molecule has 2 aliphatic rings. The number of rotatable bonds is 2. The molecule has 0 spiro atoms. The van der Waals surface area contributed by atoms with Crippen molar-refractivity contribution in [3.05, 3.63) is 33.5 Å². The van der Waals surface area contributed by atoms with Crippen LogP contribution in [0.4, 0.5) is 0 Å². The highest BCUT2D eigenvalue weighted by Gasteiger charge is 2.17. The molecule has 0 aliphatic carbocycles. The van der Waals surface area contributed by atoms with Gasteiger partial charge in [-0.25, -0.2) is 0 Å². The van der Waals surface area contributed by atoms with E-state index in [1.807, 2.05) is 30.8 Å². The van der Waals surface area contributed by atoms with Gasteiger partial charge in [-0.1, -0.05) is 11.8 Å². The minimum Gasteiger partial charge on any atom is -0.295 e. The molecule has 2 rings (SSSR count). The predicted molar refractivity (Wildman–Crippen MR) is 48.9 cm³/mol. The van der Waals surface area contributed by atoms with Gasteiger partial charge in [0.25, 0.3) is 0 Å². The lowest BCUT2D eigenvalue weighted by atomic mass is 10.3. The van der Waals surface area contributed by atoms with E-state index in [0.717, 1.165) is 17.9 Å². The first-order valence-corrected chi connectivity index (χ1v) is 4.68.